The molecule has 0 aliphatic carbocycles. The van der Waals surface area contributed by atoms with Gasteiger partial charge in [-0.25, -0.2) is 9.48 Å². The highest BCUT2D eigenvalue weighted by Gasteiger charge is 2.33. The van der Waals surface area contributed by atoms with Crippen molar-refractivity contribution in [2.45, 2.75) is 126 Å². The third-order valence-corrected chi connectivity index (χ3v) is 9.96. The number of esters is 1. The minimum Gasteiger partial charge on any atom is -0.460 e. The van der Waals surface area contributed by atoms with Crippen LogP contribution in [0.4, 0.5) is 10.5 Å². The lowest BCUT2D eigenvalue weighted by Crippen LogP contribution is -2.51. The summed E-state index contributed by atoms with van der Waals surface area (Å²) in [5.41, 5.74) is 5.82. The molecule has 0 aliphatic heterocycles. The summed E-state index contributed by atoms with van der Waals surface area (Å²) in [5, 5.41) is 17.2. The molecule has 5 N–H and O–H groups in total. The monoisotopic (exact) mass is 976 g/mol. The molecule has 1 heterocycles. The molecule has 3 amide bonds. The van der Waals surface area contributed by atoms with Crippen molar-refractivity contribution in [1.82, 2.24) is 25.6 Å². The fraction of sp³-hybridized carbons (Fsp3) is 0.714. The molecule has 2 aromatic rings. The normalized spacial score (nSPS) is 12.9. The molecule has 2 atom stereocenters. The molecule has 0 saturated heterocycles. The average Bonchev–Trinajstić information content (AvgIpc) is 3.71. The van der Waals surface area contributed by atoms with Crippen LogP contribution in [0.15, 0.2) is 30.5 Å². The summed E-state index contributed by atoms with van der Waals surface area (Å²) in [6.07, 6.45) is 3.59. The molecular formula is C49H81N7O13. The predicted octanol–water partition coefficient (Wildman–Crippen LogP) is 4.39. The molecule has 1 aromatic carbocycles. The molecule has 20 nitrogen and oxygen atoms in total. The van der Waals surface area contributed by atoms with Crippen LogP contribution in [0.5, 0.6) is 0 Å². The van der Waals surface area contributed by atoms with Crippen molar-refractivity contribution < 1.29 is 61.9 Å². The van der Waals surface area contributed by atoms with E-state index in [1.807, 2.05) is 47.7 Å². The maximum atomic E-state index is 13.2. The summed E-state index contributed by atoms with van der Waals surface area (Å²) in [6.45, 7) is 21.6. The van der Waals surface area contributed by atoms with E-state index in [1.165, 1.54) is 0 Å². The first-order valence-corrected chi connectivity index (χ1v) is 23.8. The number of nitrogens with two attached hydrogens (primary N) is 1. The Morgan fingerprint density at radius 3 is 1.81 bits per heavy atom. The zero-order valence-corrected chi connectivity index (χ0v) is 42.6. The summed E-state index contributed by atoms with van der Waals surface area (Å²) >= 11 is 0. The molecule has 0 aliphatic rings. The first kappa shape index (κ1) is 60.4. The zero-order valence-electron chi connectivity index (χ0n) is 42.6. The van der Waals surface area contributed by atoms with E-state index in [1.54, 1.807) is 49.7 Å². The van der Waals surface area contributed by atoms with Crippen molar-refractivity contribution in [2.75, 3.05) is 91.1 Å². The van der Waals surface area contributed by atoms with Crippen molar-refractivity contribution in [1.29, 1.82) is 0 Å². The van der Waals surface area contributed by atoms with Gasteiger partial charge in [-0.15, -0.1) is 5.10 Å². The van der Waals surface area contributed by atoms with Gasteiger partial charge >= 0.3 is 12.0 Å². The minimum atomic E-state index is -0.722. The lowest BCUT2D eigenvalue weighted by molar-refractivity contribution is -0.154. The third kappa shape index (κ3) is 29.2. The molecule has 0 unspecified atom stereocenters. The minimum absolute atomic E-state index is 0.0933. The molecule has 69 heavy (non-hydrogen) atoms. The number of nitrogens with zero attached hydrogens (tertiary/aromatic N) is 3. The second-order valence-corrected chi connectivity index (χ2v) is 19.8. The number of carbonyl (C=O) groups is 6. The van der Waals surface area contributed by atoms with Crippen molar-refractivity contribution in [3.8, 4) is 0 Å². The van der Waals surface area contributed by atoms with Crippen LogP contribution in [0.1, 0.15) is 106 Å². The predicted molar refractivity (Wildman–Crippen MR) is 258 cm³/mol. The average molecular weight is 976 g/mol. The number of urea groups is 1. The number of Topliss-reactive ketones (excluding diaryl/α,β-unsaturated/α-hetero) is 3. The Hall–Kier alpha value is -4.70. The number of anilines is 1. The molecular weight excluding hydrogens is 895 g/mol. The van der Waals surface area contributed by atoms with Gasteiger partial charge in [0.05, 0.1) is 83.2 Å². The number of carbonyl (C=O) groups excluding carboxylic acids is 6. The van der Waals surface area contributed by atoms with Crippen LogP contribution in [0.3, 0.4) is 0 Å². The van der Waals surface area contributed by atoms with E-state index >= 15 is 0 Å². The Kier molecular flexibility index (Phi) is 28.2. The standard InChI is InChI=1S/C49H81N7O13/c1-47(2,3)43(59)42(53-49(7,8)9)31-39-32-56(55-54-39)19-21-64-23-25-66-27-29-67-28-26-65-24-22-63-20-11-13-40(57)34-68-35-41(58)30-37(12-10-18-51-46(50)62)44(60)52-38-16-14-36(15-17-38)33-69-45(61)48(4,5)6/h14-17,32,37,42,53H,10-13,18-31,33-35H2,1-9H3,(H,52,60)(H3,50,51,62)/t37-,42+/m1/s1. The lowest BCUT2D eigenvalue weighted by atomic mass is 9.84. The number of amides is 3. The number of hydrogen-bond acceptors (Lipinski definition) is 16. The van der Waals surface area contributed by atoms with Gasteiger partial charge in [-0.05, 0) is 78.5 Å². The molecule has 0 radical (unpaired) electrons. The van der Waals surface area contributed by atoms with Crippen molar-refractivity contribution in [2.24, 2.45) is 22.5 Å². The number of ether oxygens (including phenoxy) is 7. The van der Waals surface area contributed by atoms with Crippen LogP contribution in [0, 0.1) is 16.7 Å². The molecule has 0 spiro atoms. The summed E-state index contributed by atoms with van der Waals surface area (Å²) in [7, 11) is 0. The fourth-order valence-electron chi connectivity index (χ4n) is 6.38. The van der Waals surface area contributed by atoms with E-state index in [9.17, 15) is 28.8 Å². The van der Waals surface area contributed by atoms with E-state index in [0.717, 1.165) is 11.3 Å². The smallest absolute Gasteiger partial charge is 0.312 e. The SMILES string of the molecule is CC(C)(C)N[C@@H](Cc1cn(CCOCCOCCOCCOCCOCCCC(=O)COCC(=O)C[C@@H](CCCNC(N)=O)C(=O)Nc2ccc(COC(=O)C(C)(C)C)cc2)nn1)C(=O)C(C)(C)C. The Balaban J connectivity index is 1.49. The largest absolute Gasteiger partial charge is 0.460 e. The summed E-state index contributed by atoms with van der Waals surface area (Å²) < 4.78 is 40.3. The Morgan fingerprint density at radius 1 is 0.696 bits per heavy atom. The second kappa shape index (κ2) is 32.2. The molecule has 0 fully saturated rings. The molecule has 390 valence electrons. The topological polar surface area (TPSA) is 260 Å². The van der Waals surface area contributed by atoms with Crippen LogP contribution in [0.2, 0.25) is 0 Å². The van der Waals surface area contributed by atoms with E-state index in [0.29, 0.717) is 104 Å². The van der Waals surface area contributed by atoms with Crippen molar-refractivity contribution in [3.63, 3.8) is 0 Å². The summed E-state index contributed by atoms with van der Waals surface area (Å²) in [5.74, 6) is -1.82. The highest BCUT2D eigenvalue weighted by atomic mass is 16.6. The Bertz CT molecular complexity index is 1840. The quantitative estimate of drug-likeness (QED) is 0.0541. The number of benzene rings is 1. The van der Waals surface area contributed by atoms with Gasteiger partial charge in [-0.3, -0.25) is 24.0 Å². The van der Waals surface area contributed by atoms with Gasteiger partial charge in [-0.2, -0.15) is 0 Å². The number of nitrogens with one attached hydrogen (secondary N) is 3. The highest BCUT2D eigenvalue weighted by Crippen LogP contribution is 2.21. The summed E-state index contributed by atoms with van der Waals surface area (Å²) in [6, 6.07) is 5.78. The molecule has 1 aromatic heterocycles. The van der Waals surface area contributed by atoms with Gasteiger partial charge in [0.15, 0.2) is 17.3 Å². The van der Waals surface area contributed by atoms with E-state index in [2.05, 4.69) is 26.3 Å². The third-order valence-electron chi connectivity index (χ3n) is 9.96. The highest BCUT2D eigenvalue weighted by molar-refractivity contribution is 5.95. The van der Waals surface area contributed by atoms with Crippen LogP contribution in [-0.2, 0) is 76.7 Å². The number of rotatable bonds is 37. The van der Waals surface area contributed by atoms with Crippen LogP contribution in [-0.4, -0.2) is 148 Å². The lowest BCUT2D eigenvalue weighted by Gasteiger charge is -2.31. The van der Waals surface area contributed by atoms with Gasteiger partial charge in [0, 0.05) is 61.2 Å². The molecule has 20 heteroatoms. The van der Waals surface area contributed by atoms with Crippen molar-refractivity contribution >= 4 is 40.9 Å². The summed E-state index contributed by atoms with van der Waals surface area (Å²) in [4.78, 5) is 74.5. The first-order chi connectivity index (χ1) is 32.5. The number of aromatic nitrogens is 3. The van der Waals surface area contributed by atoms with Crippen LogP contribution in [0.25, 0.3) is 0 Å². The van der Waals surface area contributed by atoms with Crippen LogP contribution < -0.4 is 21.7 Å². The Morgan fingerprint density at radius 2 is 1.26 bits per heavy atom. The van der Waals surface area contributed by atoms with Crippen molar-refractivity contribution in [3.05, 3.63) is 41.7 Å². The van der Waals surface area contributed by atoms with E-state index in [4.69, 9.17) is 38.9 Å². The zero-order chi connectivity index (χ0) is 51.3. The van der Waals surface area contributed by atoms with E-state index in [-0.39, 0.29) is 80.0 Å². The molecule has 0 saturated carbocycles. The van der Waals surface area contributed by atoms with Gasteiger partial charge < -0.3 is 54.8 Å². The fourth-order valence-corrected chi connectivity index (χ4v) is 6.38. The molecule has 0 bridgehead atoms. The van der Waals surface area contributed by atoms with Gasteiger partial charge in [0.2, 0.25) is 5.91 Å². The van der Waals surface area contributed by atoms with E-state index < -0.39 is 22.8 Å². The van der Waals surface area contributed by atoms with Gasteiger partial charge in [0.25, 0.3) is 0 Å². The first-order valence-electron chi connectivity index (χ1n) is 23.8. The van der Waals surface area contributed by atoms with Crippen LogP contribution >= 0.6 is 0 Å². The number of primary amides is 1. The maximum absolute atomic E-state index is 13.2. The number of ketones is 3. The van der Waals surface area contributed by atoms with Gasteiger partial charge in [-0.1, -0.05) is 38.1 Å². The van der Waals surface area contributed by atoms with Gasteiger partial charge in [0.1, 0.15) is 19.8 Å². The second-order valence-electron chi connectivity index (χ2n) is 19.8. The number of hydrogen-bond donors (Lipinski definition) is 4. The maximum Gasteiger partial charge on any atom is 0.312 e. The molecule has 2 rings (SSSR count). The Labute approximate surface area is 408 Å².